The molecule has 0 amide bonds. The van der Waals surface area contributed by atoms with E-state index in [-0.39, 0.29) is 13.2 Å². The van der Waals surface area contributed by atoms with Crippen LogP contribution < -0.4 is 5.32 Å². The minimum Gasteiger partial charge on any atom is -0.317 e. The van der Waals surface area contributed by atoms with E-state index in [1.54, 1.807) is 0 Å². The van der Waals surface area contributed by atoms with Gasteiger partial charge in [0.1, 0.15) is 0 Å². The molecule has 0 aliphatic heterocycles. The number of rotatable bonds is 22. The van der Waals surface area contributed by atoms with Crippen LogP contribution in [0.3, 0.4) is 0 Å². The largest absolute Gasteiger partial charge is 0.472 e. The molecule has 0 bridgehead atoms. The van der Waals surface area contributed by atoms with Crippen molar-refractivity contribution in [3.8, 4) is 0 Å². The fraction of sp³-hybridized carbons (Fsp3) is 1.00. The Labute approximate surface area is 188 Å². The second-order valence-corrected chi connectivity index (χ2v) is 9.58. The highest BCUT2D eigenvalue weighted by Gasteiger charge is 2.19. The van der Waals surface area contributed by atoms with E-state index < -0.39 is 7.82 Å². The Morgan fingerprint density at radius 1 is 0.567 bits per heavy atom. The van der Waals surface area contributed by atoms with Crippen LogP contribution in [0.4, 0.5) is 0 Å². The fourth-order valence-corrected chi connectivity index (χ4v) is 3.67. The van der Waals surface area contributed by atoms with E-state index in [0.29, 0.717) is 0 Å². The van der Waals surface area contributed by atoms with Crippen molar-refractivity contribution < 1.29 is 18.5 Å². The van der Waals surface area contributed by atoms with E-state index in [1.165, 1.54) is 90.1 Å². The summed E-state index contributed by atoms with van der Waals surface area (Å²) in [6.45, 7) is 11.6. The Bertz CT molecular complexity index is 328. The highest BCUT2D eigenvalue weighted by Crippen LogP contribution is 2.43. The van der Waals surface area contributed by atoms with E-state index in [1.807, 2.05) is 13.8 Å². The van der Waals surface area contributed by atoms with Crippen LogP contribution in [0.5, 0.6) is 0 Å². The van der Waals surface area contributed by atoms with E-state index in [4.69, 9.17) is 13.9 Å². The Balaban J connectivity index is 0. The first-order valence-electron chi connectivity index (χ1n) is 12.9. The van der Waals surface area contributed by atoms with Crippen molar-refractivity contribution in [2.24, 2.45) is 0 Å². The molecule has 184 valence electrons. The summed E-state index contributed by atoms with van der Waals surface area (Å²) in [6.07, 6.45) is 20.3. The Morgan fingerprint density at radius 2 is 0.900 bits per heavy atom. The summed E-state index contributed by atoms with van der Waals surface area (Å²) in [6, 6.07) is 0. The zero-order chi connectivity index (χ0) is 22.8. The summed E-state index contributed by atoms with van der Waals surface area (Å²) in [7, 11) is -3.75. The zero-order valence-corrected chi connectivity index (χ0v) is 21.7. The summed E-state index contributed by atoms with van der Waals surface area (Å²) < 4.78 is 20.5. The van der Waals surface area contributed by atoms with E-state index in [9.17, 15) is 4.57 Å². The summed E-state index contributed by atoms with van der Waals surface area (Å²) >= 11 is 0. The molecule has 0 rings (SSSR count). The average Bonchev–Trinajstić information content (AvgIpc) is 2.72. The van der Waals surface area contributed by atoms with Crippen molar-refractivity contribution in [3.05, 3.63) is 0 Å². The average molecular weight is 452 g/mol. The maximum absolute atomic E-state index is 11.1. The van der Waals surface area contributed by atoms with Gasteiger partial charge in [-0.2, -0.15) is 0 Å². The van der Waals surface area contributed by atoms with Gasteiger partial charge in [-0.15, -0.1) is 0 Å². The molecule has 2 N–H and O–H groups in total. The third kappa shape index (κ3) is 30.3. The SMILES string of the molecule is CCCCCCCCNCCCCCCCC.CCCCOP(=O)(O)OCCCC. The molecule has 0 saturated carbocycles. The lowest BCUT2D eigenvalue weighted by atomic mass is 10.1. The molecule has 0 fully saturated rings. The molecule has 0 aromatic heterocycles. The monoisotopic (exact) mass is 451 g/mol. The second-order valence-electron chi connectivity index (χ2n) is 8.13. The zero-order valence-electron chi connectivity index (χ0n) is 20.8. The van der Waals surface area contributed by atoms with Gasteiger partial charge in [-0.1, -0.05) is 105 Å². The number of unbranched alkanes of at least 4 members (excludes halogenated alkanes) is 12. The fourth-order valence-electron chi connectivity index (χ4n) is 2.87. The second kappa shape index (κ2) is 27.1. The molecule has 0 atom stereocenters. The van der Waals surface area contributed by atoms with Gasteiger partial charge in [0, 0.05) is 0 Å². The van der Waals surface area contributed by atoms with Gasteiger partial charge in [0.15, 0.2) is 0 Å². The lowest BCUT2D eigenvalue weighted by molar-refractivity contribution is 0.146. The summed E-state index contributed by atoms with van der Waals surface area (Å²) in [5.74, 6) is 0. The topological polar surface area (TPSA) is 67.8 Å². The van der Waals surface area contributed by atoms with Crippen LogP contribution in [0.2, 0.25) is 0 Å². The molecule has 0 spiro atoms. The lowest BCUT2D eigenvalue weighted by Gasteiger charge is -2.10. The van der Waals surface area contributed by atoms with Crippen molar-refractivity contribution >= 4 is 7.82 Å². The molecule has 0 radical (unpaired) electrons. The molecule has 6 heteroatoms. The highest BCUT2D eigenvalue weighted by molar-refractivity contribution is 7.47. The first-order valence-corrected chi connectivity index (χ1v) is 14.4. The van der Waals surface area contributed by atoms with Crippen LogP contribution in [0.1, 0.15) is 130 Å². The van der Waals surface area contributed by atoms with Gasteiger partial charge in [0.2, 0.25) is 0 Å². The highest BCUT2D eigenvalue weighted by atomic mass is 31.2. The van der Waals surface area contributed by atoms with Gasteiger partial charge in [-0.3, -0.25) is 9.05 Å². The minimum atomic E-state index is -3.75. The van der Waals surface area contributed by atoms with Crippen molar-refractivity contribution in [2.75, 3.05) is 26.3 Å². The van der Waals surface area contributed by atoms with Crippen molar-refractivity contribution in [1.29, 1.82) is 0 Å². The van der Waals surface area contributed by atoms with Gasteiger partial charge in [-0.05, 0) is 38.8 Å². The van der Waals surface area contributed by atoms with E-state index >= 15 is 0 Å². The van der Waals surface area contributed by atoms with Crippen LogP contribution in [0.25, 0.3) is 0 Å². The predicted molar refractivity (Wildman–Crippen MR) is 131 cm³/mol. The quantitative estimate of drug-likeness (QED) is 0.129. The van der Waals surface area contributed by atoms with Crippen molar-refractivity contribution in [1.82, 2.24) is 5.32 Å². The van der Waals surface area contributed by atoms with Crippen LogP contribution in [0.15, 0.2) is 0 Å². The molecule has 0 aliphatic carbocycles. The number of hydrogen-bond donors (Lipinski definition) is 2. The molecule has 5 nitrogen and oxygen atoms in total. The Kier molecular flexibility index (Phi) is 29.1. The van der Waals surface area contributed by atoms with Gasteiger partial charge >= 0.3 is 7.82 Å². The summed E-state index contributed by atoms with van der Waals surface area (Å²) in [4.78, 5) is 9.08. The molecular weight excluding hydrogens is 397 g/mol. The maximum Gasteiger partial charge on any atom is 0.472 e. The molecule has 0 aromatic carbocycles. The van der Waals surface area contributed by atoms with Crippen LogP contribution in [0, 0.1) is 0 Å². The molecule has 0 aromatic rings. The van der Waals surface area contributed by atoms with Crippen LogP contribution >= 0.6 is 7.82 Å². The van der Waals surface area contributed by atoms with Crippen molar-refractivity contribution in [2.45, 2.75) is 130 Å². The van der Waals surface area contributed by atoms with Gasteiger partial charge in [0.25, 0.3) is 0 Å². The first kappa shape index (κ1) is 32.3. The first-order chi connectivity index (χ1) is 14.5. The molecule has 30 heavy (non-hydrogen) atoms. The van der Waals surface area contributed by atoms with Crippen LogP contribution in [-0.4, -0.2) is 31.2 Å². The number of phosphoric acid groups is 1. The standard InChI is InChI=1S/C16H35N.C8H19O4P/c1-3-5-7-9-11-13-15-17-16-14-12-10-8-6-4-2;1-3-5-7-11-13(9,10)12-8-6-4-2/h17H,3-16H2,1-2H3;3-8H2,1-2H3,(H,9,10). The molecular formula is C24H54NO4P. The van der Waals surface area contributed by atoms with Crippen molar-refractivity contribution in [3.63, 3.8) is 0 Å². The number of phosphoric ester groups is 1. The smallest absolute Gasteiger partial charge is 0.317 e. The lowest BCUT2D eigenvalue weighted by Crippen LogP contribution is -2.16. The normalized spacial score (nSPS) is 11.4. The number of hydrogen-bond acceptors (Lipinski definition) is 4. The van der Waals surface area contributed by atoms with Gasteiger partial charge in [-0.25, -0.2) is 4.57 Å². The Hall–Kier alpha value is 0.0700. The molecule has 0 unspecified atom stereocenters. The third-order valence-electron chi connectivity index (χ3n) is 4.92. The van der Waals surface area contributed by atoms with Gasteiger partial charge in [0.05, 0.1) is 13.2 Å². The minimum absolute atomic E-state index is 0.288. The number of nitrogens with one attached hydrogen (secondary N) is 1. The molecule has 0 aliphatic rings. The summed E-state index contributed by atoms with van der Waals surface area (Å²) in [5, 5.41) is 3.57. The molecule has 0 heterocycles. The third-order valence-corrected chi connectivity index (χ3v) is 5.94. The van der Waals surface area contributed by atoms with E-state index in [2.05, 4.69) is 19.2 Å². The predicted octanol–water partition coefficient (Wildman–Crippen LogP) is 8.02. The summed E-state index contributed by atoms with van der Waals surface area (Å²) in [5.41, 5.74) is 0. The van der Waals surface area contributed by atoms with E-state index in [0.717, 1.165) is 25.7 Å². The molecule has 0 saturated heterocycles. The van der Waals surface area contributed by atoms with Crippen LogP contribution in [-0.2, 0) is 13.6 Å². The maximum atomic E-state index is 11.1. The van der Waals surface area contributed by atoms with Gasteiger partial charge < -0.3 is 10.2 Å². The Morgan fingerprint density at radius 3 is 1.27 bits per heavy atom.